The first-order valence-electron chi connectivity index (χ1n) is 6.11. The van der Waals surface area contributed by atoms with E-state index in [4.69, 9.17) is 5.11 Å². The summed E-state index contributed by atoms with van der Waals surface area (Å²) in [6.45, 7) is 1.26. The van der Waals surface area contributed by atoms with E-state index in [9.17, 15) is 14.4 Å². The molecule has 0 aliphatic heterocycles. The Hall–Kier alpha value is -2.09. The van der Waals surface area contributed by atoms with E-state index in [1.165, 1.54) is 29.8 Å². The summed E-state index contributed by atoms with van der Waals surface area (Å²) in [5.74, 6) is -1.50. The molecule has 2 N–H and O–H groups in total. The number of carbonyl (C=O) groups is 3. The fourth-order valence-electron chi connectivity index (χ4n) is 1.44. The van der Waals surface area contributed by atoms with Crippen molar-refractivity contribution in [1.82, 2.24) is 15.2 Å². The lowest BCUT2D eigenvalue weighted by Crippen LogP contribution is -2.41. The molecule has 8 heteroatoms. The summed E-state index contributed by atoms with van der Waals surface area (Å²) in [5.41, 5.74) is 0.459. The topological polar surface area (TPSA) is 99.6 Å². The Morgan fingerprint density at radius 1 is 1.38 bits per heavy atom. The van der Waals surface area contributed by atoms with E-state index in [2.05, 4.69) is 10.3 Å². The highest BCUT2D eigenvalue weighted by molar-refractivity contribution is 7.99. The van der Waals surface area contributed by atoms with Crippen molar-refractivity contribution in [3.63, 3.8) is 0 Å². The van der Waals surface area contributed by atoms with Gasteiger partial charge in [-0.3, -0.25) is 9.59 Å². The second kappa shape index (κ2) is 7.63. The van der Waals surface area contributed by atoms with Crippen molar-refractivity contribution in [2.75, 3.05) is 19.8 Å². The van der Waals surface area contributed by atoms with E-state index in [0.717, 1.165) is 0 Å². The average molecular weight is 311 g/mol. The van der Waals surface area contributed by atoms with Crippen LogP contribution in [0.25, 0.3) is 0 Å². The Morgan fingerprint density at radius 3 is 2.48 bits per heavy atom. The Labute approximate surface area is 126 Å². The lowest BCUT2D eigenvalue weighted by atomic mass is 10.2. The standard InChI is InChI=1S/C13H17N3O4S/c1-8(17)15-10(13(19)20)7-21-11-5-4-9(6-14-11)12(18)16(2)3/h4-6,10H,7H2,1-3H3,(H,15,17)(H,19,20). The van der Waals surface area contributed by atoms with E-state index >= 15 is 0 Å². The highest BCUT2D eigenvalue weighted by Crippen LogP contribution is 2.17. The quantitative estimate of drug-likeness (QED) is 0.741. The zero-order valence-corrected chi connectivity index (χ0v) is 12.8. The fraction of sp³-hybridized carbons (Fsp3) is 0.385. The monoisotopic (exact) mass is 311 g/mol. The number of nitrogens with zero attached hydrogens (tertiary/aromatic N) is 2. The normalized spacial score (nSPS) is 11.6. The molecular weight excluding hydrogens is 294 g/mol. The van der Waals surface area contributed by atoms with Crippen LogP contribution in [-0.4, -0.2) is 58.7 Å². The lowest BCUT2D eigenvalue weighted by molar-refractivity contribution is -0.140. The van der Waals surface area contributed by atoms with Gasteiger partial charge in [-0.15, -0.1) is 11.8 Å². The van der Waals surface area contributed by atoms with Gasteiger partial charge in [-0.05, 0) is 12.1 Å². The van der Waals surface area contributed by atoms with Crippen LogP contribution in [0.1, 0.15) is 17.3 Å². The third kappa shape index (κ3) is 5.42. The van der Waals surface area contributed by atoms with Gasteiger partial charge in [0.15, 0.2) is 0 Å². The van der Waals surface area contributed by atoms with E-state index in [-0.39, 0.29) is 11.7 Å². The van der Waals surface area contributed by atoms with Crippen LogP contribution >= 0.6 is 11.8 Å². The highest BCUT2D eigenvalue weighted by Gasteiger charge is 2.18. The van der Waals surface area contributed by atoms with Crippen molar-refractivity contribution < 1.29 is 19.5 Å². The van der Waals surface area contributed by atoms with Crippen molar-refractivity contribution >= 4 is 29.5 Å². The Balaban J connectivity index is 2.65. The van der Waals surface area contributed by atoms with Gasteiger partial charge in [0.05, 0.1) is 10.6 Å². The van der Waals surface area contributed by atoms with Crippen molar-refractivity contribution in [3.05, 3.63) is 23.9 Å². The molecule has 0 bridgehead atoms. The number of pyridine rings is 1. The number of nitrogens with one attached hydrogen (secondary N) is 1. The molecule has 0 fully saturated rings. The number of carboxylic acid groups (broad SMARTS) is 1. The molecular formula is C13H17N3O4S. The molecule has 2 amide bonds. The zero-order chi connectivity index (χ0) is 16.0. The molecule has 0 spiro atoms. The van der Waals surface area contributed by atoms with Gasteiger partial charge in [-0.2, -0.15) is 0 Å². The molecule has 1 rings (SSSR count). The average Bonchev–Trinajstić information content (AvgIpc) is 2.42. The number of hydrogen-bond donors (Lipinski definition) is 2. The van der Waals surface area contributed by atoms with E-state index < -0.39 is 17.9 Å². The molecule has 0 radical (unpaired) electrons. The zero-order valence-electron chi connectivity index (χ0n) is 12.0. The van der Waals surface area contributed by atoms with E-state index in [1.54, 1.807) is 26.2 Å². The van der Waals surface area contributed by atoms with Crippen LogP contribution in [-0.2, 0) is 9.59 Å². The summed E-state index contributed by atoms with van der Waals surface area (Å²) in [6.07, 6.45) is 1.44. The van der Waals surface area contributed by atoms with Crippen molar-refractivity contribution in [2.24, 2.45) is 0 Å². The Morgan fingerprint density at radius 2 is 2.05 bits per heavy atom. The first kappa shape index (κ1) is 17.0. The summed E-state index contributed by atoms with van der Waals surface area (Å²) >= 11 is 1.20. The molecule has 0 saturated carbocycles. The smallest absolute Gasteiger partial charge is 0.327 e. The molecule has 0 aliphatic carbocycles. The molecule has 0 saturated heterocycles. The fourth-order valence-corrected chi connectivity index (χ4v) is 2.29. The number of thioether (sulfide) groups is 1. The molecule has 0 aliphatic rings. The van der Waals surface area contributed by atoms with Crippen LogP contribution in [0.15, 0.2) is 23.4 Å². The van der Waals surface area contributed by atoms with Gasteiger partial charge in [0, 0.05) is 33.0 Å². The van der Waals surface area contributed by atoms with E-state index in [1.807, 2.05) is 0 Å². The molecule has 1 aromatic rings. The van der Waals surface area contributed by atoms with Crippen molar-refractivity contribution in [1.29, 1.82) is 0 Å². The van der Waals surface area contributed by atoms with E-state index in [0.29, 0.717) is 10.6 Å². The first-order chi connectivity index (χ1) is 9.81. The Kier molecular flexibility index (Phi) is 6.16. The minimum Gasteiger partial charge on any atom is -0.480 e. The molecule has 1 unspecified atom stereocenters. The van der Waals surface area contributed by atoms with Gasteiger partial charge in [0.2, 0.25) is 5.91 Å². The maximum absolute atomic E-state index is 11.7. The number of amides is 2. The van der Waals surface area contributed by atoms with Gasteiger partial charge >= 0.3 is 5.97 Å². The summed E-state index contributed by atoms with van der Waals surface area (Å²) in [6, 6.07) is 2.30. The van der Waals surface area contributed by atoms with Crippen molar-refractivity contribution in [3.8, 4) is 0 Å². The largest absolute Gasteiger partial charge is 0.480 e. The van der Waals surface area contributed by atoms with Crippen LogP contribution in [0.4, 0.5) is 0 Å². The number of aromatic nitrogens is 1. The van der Waals surface area contributed by atoms with Gasteiger partial charge in [-0.25, -0.2) is 9.78 Å². The molecule has 0 aromatic carbocycles. The molecule has 114 valence electrons. The Bertz CT molecular complexity index is 531. The minimum atomic E-state index is -1.10. The predicted octanol–water partition coefficient (Wildman–Crippen LogP) is 0.465. The molecule has 21 heavy (non-hydrogen) atoms. The second-order valence-corrected chi connectivity index (χ2v) is 5.53. The maximum Gasteiger partial charge on any atom is 0.327 e. The second-order valence-electron chi connectivity index (χ2n) is 4.49. The number of rotatable bonds is 6. The molecule has 1 aromatic heterocycles. The van der Waals surface area contributed by atoms with Crippen molar-refractivity contribution in [2.45, 2.75) is 18.0 Å². The summed E-state index contributed by atoms with van der Waals surface area (Å²) in [4.78, 5) is 39.1. The van der Waals surface area contributed by atoms with Crippen LogP contribution < -0.4 is 5.32 Å². The van der Waals surface area contributed by atoms with Crippen LogP contribution in [0.2, 0.25) is 0 Å². The highest BCUT2D eigenvalue weighted by atomic mass is 32.2. The summed E-state index contributed by atoms with van der Waals surface area (Å²) < 4.78 is 0. The van der Waals surface area contributed by atoms with Crippen LogP contribution in [0, 0.1) is 0 Å². The van der Waals surface area contributed by atoms with Gasteiger partial charge < -0.3 is 15.3 Å². The number of carbonyl (C=O) groups excluding carboxylic acids is 2. The predicted molar refractivity (Wildman–Crippen MR) is 78.2 cm³/mol. The van der Waals surface area contributed by atoms with Crippen LogP contribution in [0.5, 0.6) is 0 Å². The number of aliphatic carboxylic acids is 1. The molecule has 1 heterocycles. The maximum atomic E-state index is 11.7. The van der Waals surface area contributed by atoms with Gasteiger partial charge in [0.25, 0.3) is 5.91 Å². The summed E-state index contributed by atoms with van der Waals surface area (Å²) in [7, 11) is 3.30. The van der Waals surface area contributed by atoms with Gasteiger partial charge in [-0.1, -0.05) is 0 Å². The minimum absolute atomic E-state index is 0.152. The third-order valence-electron chi connectivity index (χ3n) is 2.46. The van der Waals surface area contributed by atoms with Gasteiger partial charge in [0.1, 0.15) is 6.04 Å². The first-order valence-corrected chi connectivity index (χ1v) is 7.10. The number of hydrogen-bond acceptors (Lipinski definition) is 5. The third-order valence-corrected chi connectivity index (χ3v) is 3.50. The number of carboxylic acids is 1. The molecule has 7 nitrogen and oxygen atoms in total. The summed E-state index contributed by atoms with van der Waals surface area (Å²) in [5, 5.41) is 11.9. The molecule has 1 atom stereocenters. The lowest BCUT2D eigenvalue weighted by Gasteiger charge is -2.13. The SMILES string of the molecule is CC(=O)NC(CSc1ccc(C(=O)N(C)C)cn1)C(=O)O. The van der Waals surface area contributed by atoms with Crippen LogP contribution in [0.3, 0.4) is 0 Å².